The fraction of sp³-hybridized carbons (Fsp3) is 0.273. The largest absolute Gasteiger partial charge is 0.314 e. The fourth-order valence-electron chi connectivity index (χ4n) is 1.52. The average Bonchev–Trinajstić information content (AvgIpc) is 2.80. The minimum Gasteiger partial charge on any atom is -0.314 e. The average molecular weight is 405 g/mol. The van der Waals surface area contributed by atoms with E-state index in [9.17, 15) is 4.79 Å². The highest BCUT2D eigenvalue weighted by Gasteiger charge is 2.17. The number of rotatable bonds is 4. The van der Waals surface area contributed by atoms with Crippen LogP contribution in [0.2, 0.25) is 0 Å². The molecule has 0 aliphatic rings. The highest BCUT2D eigenvalue weighted by atomic mass is 127. The maximum absolute atomic E-state index is 12.3. The number of aryl methyl sites for hydroxylation is 2. The van der Waals surface area contributed by atoms with E-state index in [1.807, 2.05) is 13.0 Å². The molecule has 9 heteroatoms. The van der Waals surface area contributed by atoms with Gasteiger partial charge in [0, 0.05) is 22.7 Å². The number of anilines is 1. The van der Waals surface area contributed by atoms with Crippen molar-refractivity contribution in [2.45, 2.75) is 11.8 Å². The molecule has 0 saturated carbocycles. The standard InChI is InChI=1S/C11H12IN5O2S/c1-6-4-5-7(8(12)9(6)20-19-3)10(18)13-11-14-15-16-17(11)2/h4-5H,1-3H3,(H,13,14,16,18). The number of carbonyl (C=O) groups excluding carboxylic acids is 1. The zero-order valence-electron chi connectivity index (χ0n) is 11.0. The molecular formula is C11H12IN5O2S. The molecule has 0 fully saturated rings. The van der Waals surface area contributed by atoms with Crippen molar-refractivity contribution < 1.29 is 8.98 Å². The van der Waals surface area contributed by atoms with Crippen LogP contribution in [0.3, 0.4) is 0 Å². The van der Waals surface area contributed by atoms with Gasteiger partial charge in [0.05, 0.1) is 17.6 Å². The van der Waals surface area contributed by atoms with Gasteiger partial charge in [0.2, 0.25) is 5.95 Å². The van der Waals surface area contributed by atoms with E-state index in [0.29, 0.717) is 11.5 Å². The molecule has 0 unspecified atom stereocenters. The zero-order chi connectivity index (χ0) is 14.7. The molecule has 1 aromatic heterocycles. The third-order valence-electron chi connectivity index (χ3n) is 2.55. The number of tetrazole rings is 1. The Hall–Kier alpha value is -1.20. The van der Waals surface area contributed by atoms with Crippen LogP contribution in [0.25, 0.3) is 0 Å². The number of hydrogen-bond acceptors (Lipinski definition) is 6. The van der Waals surface area contributed by atoms with Gasteiger partial charge in [-0.1, -0.05) is 11.2 Å². The maximum Gasteiger partial charge on any atom is 0.259 e. The number of hydrogen-bond donors (Lipinski definition) is 1. The molecule has 0 bridgehead atoms. The van der Waals surface area contributed by atoms with Gasteiger partial charge in [-0.15, -0.1) is 0 Å². The lowest BCUT2D eigenvalue weighted by Gasteiger charge is -2.11. The van der Waals surface area contributed by atoms with Crippen LogP contribution >= 0.6 is 34.6 Å². The van der Waals surface area contributed by atoms with Crippen LogP contribution in [-0.2, 0) is 11.2 Å². The Morgan fingerprint density at radius 3 is 2.85 bits per heavy atom. The lowest BCUT2D eigenvalue weighted by molar-refractivity contribution is 0.102. The number of nitrogens with one attached hydrogen (secondary N) is 1. The highest BCUT2D eigenvalue weighted by Crippen LogP contribution is 2.30. The second-order valence-corrected chi connectivity index (χ2v) is 5.89. The minimum absolute atomic E-state index is 0.259. The molecule has 20 heavy (non-hydrogen) atoms. The first-order chi connectivity index (χ1) is 9.54. The molecule has 0 aliphatic heterocycles. The molecule has 0 spiro atoms. The van der Waals surface area contributed by atoms with E-state index in [2.05, 4.69) is 43.4 Å². The second kappa shape index (κ2) is 6.50. The molecule has 1 heterocycles. The summed E-state index contributed by atoms with van der Waals surface area (Å²) in [7, 11) is 3.25. The predicted octanol–water partition coefficient (Wildman–Crippen LogP) is 2.03. The molecule has 1 amide bonds. The molecule has 1 aromatic carbocycles. The summed E-state index contributed by atoms with van der Waals surface area (Å²) >= 11 is 3.37. The number of nitrogens with zero attached hydrogens (tertiary/aromatic N) is 4. The van der Waals surface area contributed by atoms with E-state index < -0.39 is 0 Å². The van der Waals surface area contributed by atoms with Gasteiger partial charge >= 0.3 is 0 Å². The lowest BCUT2D eigenvalue weighted by Crippen LogP contribution is -2.17. The van der Waals surface area contributed by atoms with Crippen LogP contribution < -0.4 is 5.32 Å². The van der Waals surface area contributed by atoms with Crippen LogP contribution in [0.5, 0.6) is 0 Å². The van der Waals surface area contributed by atoms with Crippen LogP contribution in [-0.4, -0.2) is 33.2 Å². The smallest absolute Gasteiger partial charge is 0.259 e. The van der Waals surface area contributed by atoms with Gasteiger partial charge in [0.1, 0.15) is 0 Å². The molecule has 0 radical (unpaired) electrons. The Morgan fingerprint density at radius 1 is 1.50 bits per heavy atom. The van der Waals surface area contributed by atoms with Crippen molar-refractivity contribution in [1.82, 2.24) is 20.2 Å². The van der Waals surface area contributed by atoms with Crippen molar-refractivity contribution >= 4 is 46.5 Å². The van der Waals surface area contributed by atoms with Gasteiger partial charge in [-0.25, -0.2) is 4.68 Å². The van der Waals surface area contributed by atoms with Crippen LogP contribution in [0.1, 0.15) is 15.9 Å². The van der Waals surface area contributed by atoms with E-state index in [0.717, 1.165) is 14.0 Å². The maximum atomic E-state index is 12.3. The van der Waals surface area contributed by atoms with Crippen LogP contribution in [0.15, 0.2) is 17.0 Å². The summed E-state index contributed by atoms with van der Waals surface area (Å²) in [5.41, 5.74) is 1.61. The first-order valence-electron chi connectivity index (χ1n) is 5.58. The van der Waals surface area contributed by atoms with Crippen molar-refractivity contribution in [3.63, 3.8) is 0 Å². The summed E-state index contributed by atoms with van der Waals surface area (Å²) in [5.74, 6) is 0.0394. The van der Waals surface area contributed by atoms with Gasteiger partial charge < -0.3 is 4.18 Å². The first-order valence-corrected chi connectivity index (χ1v) is 7.40. The lowest BCUT2D eigenvalue weighted by atomic mass is 10.1. The van der Waals surface area contributed by atoms with E-state index in [4.69, 9.17) is 4.18 Å². The third-order valence-corrected chi connectivity index (χ3v) is 4.90. The quantitative estimate of drug-likeness (QED) is 0.620. The number of carbonyl (C=O) groups is 1. The van der Waals surface area contributed by atoms with Gasteiger partial charge in [-0.2, -0.15) is 0 Å². The summed E-state index contributed by atoms with van der Waals surface area (Å²) in [6.45, 7) is 1.97. The summed E-state index contributed by atoms with van der Waals surface area (Å²) < 4.78 is 7.32. The Bertz CT molecular complexity index is 646. The first kappa shape index (κ1) is 15.2. The van der Waals surface area contributed by atoms with Crippen LogP contribution in [0, 0.1) is 10.5 Å². The molecule has 0 atom stereocenters. The Kier molecular flexibility index (Phi) is 4.94. The summed E-state index contributed by atoms with van der Waals surface area (Å²) in [5, 5.41) is 13.5. The highest BCUT2D eigenvalue weighted by molar-refractivity contribution is 14.1. The molecule has 106 valence electrons. The van der Waals surface area contributed by atoms with Crippen molar-refractivity contribution in [2.24, 2.45) is 7.05 Å². The van der Waals surface area contributed by atoms with Gasteiger partial charge in [0.25, 0.3) is 5.91 Å². The molecule has 7 nitrogen and oxygen atoms in total. The van der Waals surface area contributed by atoms with E-state index in [1.165, 1.54) is 16.7 Å². The normalized spacial score (nSPS) is 10.6. The molecule has 0 saturated heterocycles. The molecule has 2 rings (SSSR count). The molecule has 1 N–H and O–H groups in total. The topological polar surface area (TPSA) is 81.9 Å². The van der Waals surface area contributed by atoms with E-state index in [1.54, 1.807) is 20.2 Å². The second-order valence-electron chi connectivity index (χ2n) is 3.90. The third kappa shape index (κ3) is 3.10. The van der Waals surface area contributed by atoms with Crippen molar-refractivity contribution in [3.8, 4) is 0 Å². The van der Waals surface area contributed by atoms with E-state index in [-0.39, 0.29) is 5.91 Å². The predicted molar refractivity (Wildman–Crippen MR) is 83.5 cm³/mol. The zero-order valence-corrected chi connectivity index (χ0v) is 14.0. The SMILES string of the molecule is COSc1c(C)ccc(C(=O)Nc2nnnn2C)c1I. The number of benzene rings is 1. The summed E-state index contributed by atoms with van der Waals surface area (Å²) in [6, 6.07) is 3.66. The Morgan fingerprint density at radius 2 is 2.25 bits per heavy atom. The van der Waals surface area contributed by atoms with Gasteiger partial charge in [-0.3, -0.25) is 10.1 Å². The molecular weight excluding hydrogens is 393 g/mol. The minimum atomic E-state index is -0.259. The summed E-state index contributed by atoms with van der Waals surface area (Å²) in [6.07, 6.45) is 0. The van der Waals surface area contributed by atoms with E-state index >= 15 is 0 Å². The van der Waals surface area contributed by atoms with Gasteiger partial charge in [0.15, 0.2) is 0 Å². The Balaban J connectivity index is 2.31. The number of amides is 1. The monoisotopic (exact) mass is 405 g/mol. The van der Waals surface area contributed by atoms with Crippen molar-refractivity contribution in [3.05, 3.63) is 26.8 Å². The van der Waals surface area contributed by atoms with Crippen LogP contribution in [0.4, 0.5) is 5.95 Å². The number of halogens is 1. The van der Waals surface area contributed by atoms with Gasteiger partial charge in [-0.05, 0) is 51.6 Å². The Labute approximate surface area is 133 Å². The molecule has 2 aromatic rings. The fourth-order valence-corrected chi connectivity index (χ4v) is 3.19. The van der Waals surface area contributed by atoms with Crippen molar-refractivity contribution in [1.29, 1.82) is 0 Å². The summed E-state index contributed by atoms with van der Waals surface area (Å²) in [4.78, 5) is 13.2. The number of aromatic nitrogens is 4. The van der Waals surface area contributed by atoms with Crippen molar-refractivity contribution in [2.75, 3.05) is 12.4 Å². The molecule has 0 aliphatic carbocycles.